The van der Waals surface area contributed by atoms with Crippen LogP contribution in [0.5, 0.6) is 0 Å². The minimum absolute atomic E-state index is 0.162. The fourth-order valence-electron chi connectivity index (χ4n) is 5.00. The molecule has 4 rings (SSSR count). The average Bonchev–Trinajstić information content (AvgIpc) is 2.99. The second kappa shape index (κ2) is 7.28. The molecule has 0 fully saturated rings. The van der Waals surface area contributed by atoms with Gasteiger partial charge in [-0.15, -0.1) is 0 Å². The maximum absolute atomic E-state index is 2.43. The van der Waals surface area contributed by atoms with Gasteiger partial charge in [0.15, 0.2) is 0 Å². The molecule has 3 aromatic carbocycles. The molecule has 140 valence electrons. The molecule has 0 saturated heterocycles. The second-order valence-electron chi connectivity index (χ2n) is 7.76. The Kier molecular flexibility index (Phi) is 4.81. The molecule has 1 unspecified atom stereocenters. The molecule has 1 aliphatic rings. The molecule has 0 heterocycles. The van der Waals surface area contributed by atoms with Gasteiger partial charge in [-0.2, -0.15) is 0 Å². The molecular weight excluding hydrogens is 336 g/mol. The first kappa shape index (κ1) is 18.5. The molecule has 1 aliphatic carbocycles. The van der Waals surface area contributed by atoms with Gasteiger partial charge in [-0.1, -0.05) is 91.9 Å². The fraction of sp³-hybridized carbons (Fsp3) is 0.214. The molecule has 0 bridgehead atoms. The van der Waals surface area contributed by atoms with Crippen LogP contribution >= 0.6 is 0 Å². The summed E-state index contributed by atoms with van der Waals surface area (Å²) in [5.41, 5.74) is 10.8. The van der Waals surface area contributed by atoms with Crippen LogP contribution < -0.4 is 0 Å². The summed E-state index contributed by atoms with van der Waals surface area (Å²) in [7, 11) is 0. The number of hydrogen-bond acceptors (Lipinski definition) is 0. The summed E-state index contributed by atoms with van der Waals surface area (Å²) in [6, 6.07) is 26.4. The molecule has 0 aromatic heterocycles. The van der Waals surface area contributed by atoms with Crippen LogP contribution in [0.25, 0.3) is 16.7 Å². The Morgan fingerprint density at radius 1 is 0.821 bits per heavy atom. The van der Waals surface area contributed by atoms with Gasteiger partial charge in [-0.05, 0) is 71.7 Å². The van der Waals surface area contributed by atoms with E-state index in [4.69, 9.17) is 0 Å². The van der Waals surface area contributed by atoms with Gasteiger partial charge in [-0.25, -0.2) is 0 Å². The molecular formula is C28H28. The highest BCUT2D eigenvalue weighted by Crippen LogP contribution is 2.56. The Hall–Kier alpha value is -2.86. The molecule has 0 N–H and O–H groups in total. The summed E-state index contributed by atoms with van der Waals surface area (Å²) in [4.78, 5) is 0. The van der Waals surface area contributed by atoms with Crippen molar-refractivity contribution >= 4 is 5.57 Å². The maximum Gasteiger partial charge on any atom is 0.0441 e. The lowest BCUT2D eigenvalue weighted by molar-refractivity contribution is 0.707. The van der Waals surface area contributed by atoms with Crippen LogP contribution in [0.15, 0.2) is 90.5 Å². The van der Waals surface area contributed by atoms with Crippen LogP contribution in [0.4, 0.5) is 0 Å². The van der Waals surface area contributed by atoms with Gasteiger partial charge in [0.05, 0.1) is 0 Å². The van der Waals surface area contributed by atoms with Crippen molar-refractivity contribution in [3.63, 3.8) is 0 Å². The van der Waals surface area contributed by atoms with E-state index in [0.717, 1.165) is 6.42 Å². The Labute approximate surface area is 169 Å². The van der Waals surface area contributed by atoms with Crippen molar-refractivity contribution in [1.82, 2.24) is 0 Å². The molecule has 0 aliphatic heterocycles. The second-order valence-corrected chi connectivity index (χ2v) is 7.76. The van der Waals surface area contributed by atoms with Gasteiger partial charge in [0.25, 0.3) is 0 Å². The molecule has 0 nitrogen and oxygen atoms in total. The highest BCUT2D eigenvalue weighted by atomic mass is 14.5. The minimum atomic E-state index is -0.162. The van der Waals surface area contributed by atoms with E-state index >= 15 is 0 Å². The first-order valence-electron chi connectivity index (χ1n) is 10.3. The molecule has 0 saturated carbocycles. The average molecular weight is 365 g/mol. The minimum Gasteiger partial charge on any atom is -0.0797 e. The summed E-state index contributed by atoms with van der Waals surface area (Å²) in [5, 5.41) is 0. The van der Waals surface area contributed by atoms with Crippen molar-refractivity contribution < 1.29 is 0 Å². The normalized spacial score (nSPS) is 21.3. The molecule has 1 atom stereocenters. The molecule has 0 radical (unpaired) electrons. The Morgan fingerprint density at radius 3 is 2.21 bits per heavy atom. The van der Waals surface area contributed by atoms with Crippen molar-refractivity contribution in [3.8, 4) is 11.1 Å². The SMILES string of the molecule is C/C=C1\C(=C/CC)C(C)(c2ccccc2-c2ccccc2)c2c(C)cccc21. The number of rotatable bonds is 3. The van der Waals surface area contributed by atoms with E-state index in [1.165, 1.54) is 44.5 Å². The maximum atomic E-state index is 2.43. The van der Waals surface area contributed by atoms with E-state index in [0.29, 0.717) is 0 Å². The largest absolute Gasteiger partial charge is 0.0797 e. The topological polar surface area (TPSA) is 0 Å². The van der Waals surface area contributed by atoms with Crippen LogP contribution in [0.3, 0.4) is 0 Å². The lowest BCUT2D eigenvalue weighted by Gasteiger charge is -2.32. The van der Waals surface area contributed by atoms with Crippen molar-refractivity contribution in [2.75, 3.05) is 0 Å². The standard InChI is InChI=1S/C28H28/c1-5-13-25-22(6-2)24-18-12-14-20(3)27(24)28(25,4)26-19-11-10-17-23(26)21-15-8-7-9-16-21/h6-19H,5H2,1-4H3/b22-6-,25-13+. The summed E-state index contributed by atoms with van der Waals surface area (Å²) < 4.78 is 0. The summed E-state index contributed by atoms with van der Waals surface area (Å²) in [6.45, 7) is 9.07. The van der Waals surface area contributed by atoms with Gasteiger partial charge in [-0.3, -0.25) is 0 Å². The summed E-state index contributed by atoms with van der Waals surface area (Å²) in [5.74, 6) is 0. The van der Waals surface area contributed by atoms with Crippen LogP contribution in [-0.2, 0) is 5.41 Å². The van der Waals surface area contributed by atoms with E-state index in [1.54, 1.807) is 0 Å². The van der Waals surface area contributed by atoms with Crippen LogP contribution in [0.2, 0.25) is 0 Å². The Morgan fingerprint density at radius 2 is 1.50 bits per heavy atom. The quantitative estimate of drug-likeness (QED) is 0.446. The lowest BCUT2D eigenvalue weighted by atomic mass is 9.70. The molecule has 28 heavy (non-hydrogen) atoms. The first-order chi connectivity index (χ1) is 13.6. The molecule has 0 spiro atoms. The van der Waals surface area contributed by atoms with Gasteiger partial charge < -0.3 is 0 Å². The predicted molar refractivity (Wildman–Crippen MR) is 122 cm³/mol. The van der Waals surface area contributed by atoms with Crippen molar-refractivity contribution in [3.05, 3.63) is 113 Å². The van der Waals surface area contributed by atoms with Gasteiger partial charge in [0.1, 0.15) is 0 Å². The first-order valence-corrected chi connectivity index (χ1v) is 10.3. The number of benzene rings is 3. The zero-order valence-corrected chi connectivity index (χ0v) is 17.3. The number of aryl methyl sites for hydroxylation is 1. The Balaban J connectivity index is 2.09. The third kappa shape index (κ3) is 2.67. The van der Waals surface area contributed by atoms with E-state index in [1.807, 2.05) is 0 Å². The van der Waals surface area contributed by atoms with Crippen LogP contribution in [0, 0.1) is 6.92 Å². The number of fused-ring (bicyclic) bond motifs is 1. The van der Waals surface area contributed by atoms with E-state index in [2.05, 4.69) is 113 Å². The van der Waals surface area contributed by atoms with E-state index in [9.17, 15) is 0 Å². The Bertz CT molecular complexity index is 1070. The van der Waals surface area contributed by atoms with Gasteiger partial charge >= 0.3 is 0 Å². The van der Waals surface area contributed by atoms with Crippen molar-refractivity contribution in [1.29, 1.82) is 0 Å². The number of allylic oxidation sites excluding steroid dienone is 4. The summed E-state index contributed by atoms with van der Waals surface area (Å²) >= 11 is 0. The molecule has 0 amide bonds. The van der Waals surface area contributed by atoms with Crippen LogP contribution in [-0.4, -0.2) is 0 Å². The van der Waals surface area contributed by atoms with E-state index in [-0.39, 0.29) is 5.41 Å². The monoisotopic (exact) mass is 364 g/mol. The summed E-state index contributed by atoms with van der Waals surface area (Å²) in [6.07, 6.45) is 5.75. The third-order valence-electron chi connectivity index (χ3n) is 6.14. The number of hydrogen-bond donors (Lipinski definition) is 0. The van der Waals surface area contributed by atoms with Crippen molar-refractivity contribution in [2.24, 2.45) is 0 Å². The smallest absolute Gasteiger partial charge is 0.0441 e. The van der Waals surface area contributed by atoms with Crippen LogP contribution in [0.1, 0.15) is 49.4 Å². The van der Waals surface area contributed by atoms with E-state index < -0.39 is 0 Å². The highest BCUT2D eigenvalue weighted by molar-refractivity contribution is 5.93. The molecule has 3 aromatic rings. The molecule has 0 heteroatoms. The lowest BCUT2D eigenvalue weighted by Crippen LogP contribution is -2.24. The third-order valence-corrected chi connectivity index (χ3v) is 6.14. The van der Waals surface area contributed by atoms with Gasteiger partial charge in [0, 0.05) is 5.41 Å². The highest BCUT2D eigenvalue weighted by Gasteiger charge is 2.44. The van der Waals surface area contributed by atoms with Crippen molar-refractivity contribution in [2.45, 2.75) is 39.5 Å². The fourth-order valence-corrected chi connectivity index (χ4v) is 5.00. The zero-order chi connectivity index (χ0) is 19.7. The van der Waals surface area contributed by atoms with Gasteiger partial charge in [0.2, 0.25) is 0 Å². The zero-order valence-electron chi connectivity index (χ0n) is 17.3. The predicted octanol–water partition coefficient (Wildman–Crippen LogP) is 7.72.